The minimum Gasteiger partial charge on any atom is -0.495 e. The number of fused-ring (bicyclic) bond motifs is 1. The van der Waals surface area contributed by atoms with Crippen LogP contribution >= 0.6 is 23.2 Å². The van der Waals surface area contributed by atoms with Gasteiger partial charge in [-0.25, -0.2) is 0 Å². The third-order valence-electron chi connectivity index (χ3n) is 6.25. The van der Waals surface area contributed by atoms with Gasteiger partial charge in [-0.05, 0) is 31.7 Å². The van der Waals surface area contributed by atoms with Gasteiger partial charge >= 0.3 is 0 Å². The van der Waals surface area contributed by atoms with Crippen LogP contribution in [0.4, 0.5) is 11.4 Å². The molecule has 8 nitrogen and oxygen atoms in total. The van der Waals surface area contributed by atoms with Gasteiger partial charge in [-0.1, -0.05) is 23.2 Å². The first-order chi connectivity index (χ1) is 17.4. The minimum absolute atomic E-state index is 0.357. The molecule has 36 heavy (non-hydrogen) atoms. The summed E-state index contributed by atoms with van der Waals surface area (Å²) in [5.41, 5.74) is 2.03. The molecule has 0 unspecified atom stereocenters. The Hall–Kier alpha value is -2.96. The van der Waals surface area contributed by atoms with Gasteiger partial charge in [0.25, 0.3) is 0 Å². The molecular formula is C26H29Cl2N5O3. The molecule has 0 aliphatic carbocycles. The first-order valence-corrected chi connectivity index (χ1v) is 12.4. The first-order valence-electron chi connectivity index (χ1n) is 11.7. The number of aromatic nitrogens is 1. The highest BCUT2D eigenvalue weighted by molar-refractivity contribution is 6.37. The van der Waals surface area contributed by atoms with E-state index in [1.807, 2.05) is 12.1 Å². The van der Waals surface area contributed by atoms with Gasteiger partial charge in [0, 0.05) is 50.4 Å². The van der Waals surface area contributed by atoms with E-state index in [1.165, 1.54) is 13.3 Å². The van der Waals surface area contributed by atoms with Gasteiger partial charge in [0.1, 0.15) is 17.3 Å². The largest absolute Gasteiger partial charge is 0.495 e. The number of ether oxygens (including phenoxy) is 3. The Kier molecular flexibility index (Phi) is 8.60. The number of rotatable bonds is 9. The summed E-state index contributed by atoms with van der Waals surface area (Å²) in [5, 5.41) is 14.5. The molecule has 2 heterocycles. The second kappa shape index (κ2) is 11.8. The highest BCUT2D eigenvalue weighted by Gasteiger charge is 2.19. The van der Waals surface area contributed by atoms with E-state index in [0.29, 0.717) is 61.7 Å². The Morgan fingerprint density at radius 3 is 2.53 bits per heavy atom. The van der Waals surface area contributed by atoms with Crippen molar-refractivity contribution in [3.8, 4) is 23.3 Å². The maximum atomic E-state index is 9.75. The molecule has 4 rings (SSSR count). The summed E-state index contributed by atoms with van der Waals surface area (Å²) < 4.78 is 17.1. The maximum Gasteiger partial charge on any atom is 0.187 e. The molecular weight excluding hydrogens is 501 g/mol. The van der Waals surface area contributed by atoms with E-state index < -0.39 is 0 Å². The number of nitrogens with zero attached hydrogens (tertiary/aromatic N) is 4. The topological polar surface area (TPSA) is 82.9 Å². The number of piperazine rings is 1. The summed E-state index contributed by atoms with van der Waals surface area (Å²) in [6, 6.07) is 9.18. The lowest BCUT2D eigenvalue weighted by Crippen LogP contribution is -2.44. The Balaban J connectivity index is 1.57. The second-order valence-electron chi connectivity index (χ2n) is 8.59. The van der Waals surface area contributed by atoms with Crippen LogP contribution in [0.3, 0.4) is 0 Å². The van der Waals surface area contributed by atoms with Crippen LogP contribution in [0.15, 0.2) is 30.5 Å². The van der Waals surface area contributed by atoms with Gasteiger partial charge < -0.3 is 29.3 Å². The van der Waals surface area contributed by atoms with Gasteiger partial charge in [-0.2, -0.15) is 5.26 Å². The molecule has 1 aromatic heterocycles. The molecule has 0 radical (unpaired) electrons. The highest BCUT2D eigenvalue weighted by Crippen LogP contribution is 2.41. The number of methoxy groups -OCH3 is 2. The van der Waals surface area contributed by atoms with E-state index in [0.717, 1.165) is 39.1 Å². The smallest absolute Gasteiger partial charge is 0.187 e. The van der Waals surface area contributed by atoms with Crippen LogP contribution in [0.1, 0.15) is 12.0 Å². The average molecular weight is 530 g/mol. The van der Waals surface area contributed by atoms with E-state index in [1.54, 1.807) is 19.2 Å². The van der Waals surface area contributed by atoms with Gasteiger partial charge in [0.2, 0.25) is 0 Å². The number of nitrogens with one attached hydrogen (secondary N) is 1. The fourth-order valence-electron chi connectivity index (χ4n) is 4.21. The van der Waals surface area contributed by atoms with Crippen molar-refractivity contribution in [2.24, 2.45) is 0 Å². The lowest BCUT2D eigenvalue weighted by Gasteiger charge is -2.32. The number of pyridine rings is 1. The molecule has 1 aliphatic rings. The minimum atomic E-state index is 0.357. The monoisotopic (exact) mass is 529 g/mol. The second-order valence-corrected chi connectivity index (χ2v) is 9.40. The van der Waals surface area contributed by atoms with Crippen molar-refractivity contribution in [2.45, 2.75) is 6.42 Å². The molecule has 1 fully saturated rings. The van der Waals surface area contributed by atoms with E-state index in [9.17, 15) is 5.26 Å². The fraction of sp³-hybridized carbons (Fsp3) is 0.385. The van der Waals surface area contributed by atoms with E-state index >= 15 is 0 Å². The zero-order valence-electron chi connectivity index (χ0n) is 20.6. The standard InChI is InChI=1S/C26H29Cl2N5O3/c1-32-8-10-33(11-9-32)7-4-12-36-22-6-5-18-24(17(15-29)16-30-25(18)26(22)35-3)31-21-14-23(34-2)20(28)13-19(21)27/h5-6,13-14,16H,4,7-12H2,1-3H3,(H,30,31). The van der Waals surface area contributed by atoms with E-state index in [2.05, 4.69) is 33.2 Å². The molecule has 190 valence electrons. The van der Waals surface area contributed by atoms with Crippen molar-refractivity contribution in [1.82, 2.24) is 14.8 Å². The molecule has 0 atom stereocenters. The number of nitriles is 1. The van der Waals surface area contributed by atoms with Gasteiger partial charge in [0.05, 0.1) is 47.8 Å². The summed E-state index contributed by atoms with van der Waals surface area (Å²) in [6.45, 7) is 5.92. The van der Waals surface area contributed by atoms with E-state index in [-0.39, 0.29) is 0 Å². The fourth-order valence-corrected chi connectivity index (χ4v) is 4.72. The summed E-state index contributed by atoms with van der Waals surface area (Å²) in [7, 11) is 5.26. The predicted octanol–water partition coefficient (Wildman–Crippen LogP) is 5.19. The average Bonchev–Trinajstić information content (AvgIpc) is 2.88. The van der Waals surface area contributed by atoms with Crippen LogP contribution in [0.5, 0.6) is 17.2 Å². The van der Waals surface area contributed by atoms with Gasteiger partial charge in [-0.15, -0.1) is 0 Å². The Morgan fingerprint density at radius 1 is 1.06 bits per heavy atom. The SMILES string of the molecule is COc1cc(Nc2c(C#N)cnc3c(OC)c(OCCCN4CCN(C)CC4)ccc23)c(Cl)cc1Cl. The first kappa shape index (κ1) is 26.1. The third kappa shape index (κ3) is 5.71. The molecule has 1 N–H and O–H groups in total. The number of hydrogen-bond acceptors (Lipinski definition) is 8. The molecule has 3 aromatic rings. The summed E-state index contributed by atoms with van der Waals surface area (Å²) in [5.74, 6) is 1.59. The number of hydrogen-bond donors (Lipinski definition) is 1. The molecule has 0 bridgehead atoms. The van der Waals surface area contributed by atoms with Crippen molar-refractivity contribution in [2.75, 3.05) is 65.9 Å². The molecule has 1 aliphatic heterocycles. The van der Waals surface area contributed by atoms with Crippen LogP contribution < -0.4 is 19.5 Å². The molecule has 0 saturated carbocycles. The number of benzene rings is 2. The maximum absolute atomic E-state index is 9.75. The van der Waals surface area contributed by atoms with Crippen LogP contribution in [0.2, 0.25) is 10.0 Å². The number of anilines is 2. The quantitative estimate of drug-likeness (QED) is 0.379. The molecule has 10 heteroatoms. The normalized spacial score (nSPS) is 14.4. The predicted molar refractivity (Wildman–Crippen MR) is 143 cm³/mol. The zero-order valence-corrected chi connectivity index (χ0v) is 22.1. The summed E-state index contributed by atoms with van der Waals surface area (Å²) >= 11 is 12.6. The zero-order chi connectivity index (χ0) is 25.7. The molecule has 1 saturated heterocycles. The van der Waals surface area contributed by atoms with Gasteiger partial charge in [-0.3, -0.25) is 4.98 Å². The van der Waals surface area contributed by atoms with Crippen molar-refractivity contribution in [3.63, 3.8) is 0 Å². The number of likely N-dealkylation sites (N-methyl/N-ethyl adjacent to an activating group) is 1. The van der Waals surface area contributed by atoms with Crippen molar-refractivity contribution in [3.05, 3.63) is 46.1 Å². The van der Waals surface area contributed by atoms with Gasteiger partial charge in [0.15, 0.2) is 11.5 Å². The van der Waals surface area contributed by atoms with Crippen LogP contribution in [-0.2, 0) is 0 Å². The Morgan fingerprint density at radius 2 is 1.83 bits per heavy atom. The highest BCUT2D eigenvalue weighted by atomic mass is 35.5. The van der Waals surface area contributed by atoms with Crippen LogP contribution in [-0.4, -0.2) is 75.4 Å². The number of halogens is 2. The molecule has 0 spiro atoms. The van der Waals surface area contributed by atoms with E-state index in [4.69, 9.17) is 37.4 Å². The lowest BCUT2D eigenvalue weighted by atomic mass is 10.1. The summed E-state index contributed by atoms with van der Waals surface area (Å²) in [4.78, 5) is 9.31. The van der Waals surface area contributed by atoms with Crippen molar-refractivity contribution < 1.29 is 14.2 Å². The van der Waals surface area contributed by atoms with Crippen LogP contribution in [0, 0.1) is 11.3 Å². The van der Waals surface area contributed by atoms with Crippen molar-refractivity contribution >= 4 is 45.5 Å². The Labute approximate surface area is 221 Å². The van der Waals surface area contributed by atoms with Crippen LogP contribution in [0.25, 0.3) is 10.9 Å². The lowest BCUT2D eigenvalue weighted by molar-refractivity contribution is 0.145. The Bertz CT molecular complexity index is 1270. The molecule has 2 aromatic carbocycles. The third-order valence-corrected chi connectivity index (χ3v) is 6.86. The molecule has 0 amide bonds. The summed E-state index contributed by atoms with van der Waals surface area (Å²) in [6.07, 6.45) is 2.42. The van der Waals surface area contributed by atoms with Crippen molar-refractivity contribution in [1.29, 1.82) is 5.26 Å².